The molecule has 0 spiro atoms. The van der Waals surface area contributed by atoms with Gasteiger partial charge in [0.1, 0.15) is 4.21 Å². The highest BCUT2D eigenvalue weighted by Crippen LogP contribution is 2.34. The summed E-state index contributed by atoms with van der Waals surface area (Å²) in [5, 5.41) is 3.45. The molecule has 0 saturated heterocycles. The highest BCUT2D eigenvalue weighted by Gasteiger charge is 2.32. The van der Waals surface area contributed by atoms with Crippen molar-refractivity contribution in [2.24, 2.45) is 0 Å². The zero-order valence-corrected chi connectivity index (χ0v) is 15.9. The SMILES string of the molecule is CCNC1CCC(N(C)S(=O)(=O)c2cc(C)c(Br)s2)CC1. The normalized spacial score (nSPS) is 23.7. The molecule has 1 saturated carbocycles. The van der Waals surface area contributed by atoms with Gasteiger partial charge in [0.05, 0.1) is 3.79 Å². The molecule has 0 amide bonds. The molecule has 0 bridgehead atoms. The lowest BCUT2D eigenvalue weighted by Crippen LogP contribution is -2.43. The van der Waals surface area contributed by atoms with Gasteiger partial charge in [-0.05, 0) is 66.7 Å². The fraction of sp³-hybridized carbons (Fsp3) is 0.714. The average molecular weight is 395 g/mol. The maximum absolute atomic E-state index is 12.7. The van der Waals surface area contributed by atoms with Crippen LogP contribution in [-0.2, 0) is 10.0 Å². The number of thiophene rings is 1. The molecule has 1 N–H and O–H groups in total. The van der Waals surface area contributed by atoms with E-state index in [1.807, 2.05) is 6.92 Å². The Bertz CT molecular complexity index is 558. The van der Waals surface area contributed by atoms with Crippen LogP contribution in [0.25, 0.3) is 0 Å². The summed E-state index contributed by atoms with van der Waals surface area (Å²) in [7, 11) is -1.65. The van der Waals surface area contributed by atoms with Gasteiger partial charge in [-0.15, -0.1) is 11.3 Å². The molecule has 1 aromatic heterocycles. The summed E-state index contributed by atoms with van der Waals surface area (Å²) in [5.74, 6) is 0. The Morgan fingerprint density at radius 1 is 1.38 bits per heavy atom. The molecule has 0 aliphatic heterocycles. The van der Waals surface area contributed by atoms with E-state index in [1.54, 1.807) is 17.4 Å². The molecule has 1 aliphatic carbocycles. The molecule has 4 nitrogen and oxygen atoms in total. The van der Waals surface area contributed by atoms with Crippen molar-refractivity contribution in [2.75, 3.05) is 13.6 Å². The van der Waals surface area contributed by atoms with Crippen molar-refractivity contribution in [3.8, 4) is 0 Å². The van der Waals surface area contributed by atoms with Crippen molar-refractivity contribution in [2.45, 2.75) is 55.8 Å². The molecule has 1 aliphatic rings. The zero-order chi connectivity index (χ0) is 15.6. The standard InChI is InChI=1S/C14H23BrN2O2S2/c1-4-16-11-5-7-12(8-6-11)17(3)21(18,19)13-9-10(2)14(15)20-13/h9,11-12,16H,4-8H2,1-3H3. The van der Waals surface area contributed by atoms with Gasteiger partial charge in [0.15, 0.2) is 0 Å². The third kappa shape index (κ3) is 3.88. The van der Waals surface area contributed by atoms with Gasteiger partial charge in [0, 0.05) is 19.1 Å². The van der Waals surface area contributed by atoms with Gasteiger partial charge in [-0.25, -0.2) is 8.42 Å². The number of hydrogen-bond donors (Lipinski definition) is 1. The average Bonchev–Trinajstić information content (AvgIpc) is 2.80. The molecular weight excluding hydrogens is 372 g/mol. The Hall–Kier alpha value is 0.0500. The smallest absolute Gasteiger partial charge is 0.252 e. The summed E-state index contributed by atoms with van der Waals surface area (Å²) < 4.78 is 28.3. The van der Waals surface area contributed by atoms with E-state index in [-0.39, 0.29) is 6.04 Å². The predicted octanol–water partition coefficient (Wildman–Crippen LogP) is 3.36. The van der Waals surface area contributed by atoms with E-state index in [2.05, 4.69) is 28.2 Å². The third-order valence-corrected chi connectivity index (χ3v) is 8.67. The van der Waals surface area contributed by atoms with Crippen molar-refractivity contribution < 1.29 is 8.42 Å². The maximum atomic E-state index is 12.7. The Balaban J connectivity index is 2.07. The first-order chi connectivity index (χ1) is 9.86. The molecule has 1 aromatic rings. The largest absolute Gasteiger partial charge is 0.314 e. The van der Waals surface area contributed by atoms with Crippen LogP contribution in [0.1, 0.15) is 38.2 Å². The minimum atomic E-state index is -3.37. The van der Waals surface area contributed by atoms with Gasteiger partial charge >= 0.3 is 0 Å². The van der Waals surface area contributed by atoms with Crippen LogP contribution in [0.3, 0.4) is 0 Å². The second-order valence-corrected chi connectivity index (χ2v) is 10.2. The lowest BCUT2D eigenvalue weighted by atomic mass is 9.91. The number of halogens is 1. The van der Waals surface area contributed by atoms with Gasteiger partial charge in [-0.3, -0.25) is 0 Å². The highest BCUT2D eigenvalue weighted by atomic mass is 79.9. The second kappa shape index (κ2) is 7.08. The van der Waals surface area contributed by atoms with E-state index in [1.165, 1.54) is 11.3 Å². The Morgan fingerprint density at radius 3 is 2.48 bits per heavy atom. The molecular formula is C14H23BrN2O2S2. The molecule has 21 heavy (non-hydrogen) atoms. The predicted molar refractivity (Wildman–Crippen MR) is 91.4 cm³/mol. The van der Waals surface area contributed by atoms with E-state index < -0.39 is 10.0 Å². The summed E-state index contributed by atoms with van der Waals surface area (Å²) in [4.78, 5) is 0. The first-order valence-electron chi connectivity index (χ1n) is 7.33. The van der Waals surface area contributed by atoms with Gasteiger partial charge in [-0.2, -0.15) is 4.31 Å². The summed E-state index contributed by atoms with van der Waals surface area (Å²) in [6, 6.07) is 2.41. The van der Waals surface area contributed by atoms with Crippen LogP contribution in [0, 0.1) is 6.92 Å². The van der Waals surface area contributed by atoms with E-state index >= 15 is 0 Å². The highest BCUT2D eigenvalue weighted by molar-refractivity contribution is 9.11. The topological polar surface area (TPSA) is 49.4 Å². The number of sulfonamides is 1. The van der Waals surface area contributed by atoms with Crippen molar-refractivity contribution >= 4 is 37.3 Å². The monoisotopic (exact) mass is 394 g/mol. The van der Waals surface area contributed by atoms with Crippen LogP contribution in [0.4, 0.5) is 0 Å². The van der Waals surface area contributed by atoms with Gasteiger partial charge < -0.3 is 5.32 Å². The molecule has 0 aromatic carbocycles. The molecule has 1 fully saturated rings. The third-order valence-electron chi connectivity index (χ3n) is 4.17. The van der Waals surface area contributed by atoms with Crippen LogP contribution >= 0.6 is 27.3 Å². The molecule has 120 valence electrons. The molecule has 2 rings (SSSR count). The summed E-state index contributed by atoms with van der Waals surface area (Å²) in [6.45, 7) is 5.01. The minimum absolute atomic E-state index is 0.117. The van der Waals surface area contributed by atoms with Crippen molar-refractivity contribution in [1.29, 1.82) is 0 Å². The van der Waals surface area contributed by atoms with E-state index in [0.29, 0.717) is 10.3 Å². The van der Waals surface area contributed by atoms with Gasteiger partial charge in [-0.1, -0.05) is 6.92 Å². The Morgan fingerprint density at radius 2 is 2.00 bits per heavy atom. The Labute approximate surface area is 140 Å². The summed E-state index contributed by atoms with van der Waals surface area (Å²) >= 11 is 4.70. The van der Waals surface area contributed by atoms with Crippen LogP contribution in [0.2, 0.25) is 0 Å². The van der Waals surface area contributed by atoms with E-state index in [4.69, 9.17) is 0 Å². The number of rotatable bonds is 5. The van der Waals surface area contributed by atoms with Crippen molar-refractivity contribution in [3.63, 3.8) is 0 Å². The molecule has 0 unspecified atom stereocenters. The molecule has 0 radical (unpaired) electrons. The van der Waals surface area contributed by atoms with Crippen molar-refractivity contribution in [3.05, 3.63) is 15.4 Å². The minimum Gasteiger partial charge on any atom is -0.314 e. The summed E-state index contributed by atoms with van der Waals surface area (Å²) in [5.41, 5.74) is 0.975. The second-order valence-electron chi connectivity index (χ2n) is 5.61. The quantitative estimate of drug-likeness (QED) is 0.832. The van der Waals surface area contributed by atoms with Crippen LogP contribution in [0.5, 0.6) is 0 Å². The molecule has 1 heterocycles. The van der Waals surface area contributed by atoms with Crippen LogP contribution in [-0.4, -0.2) is 38.4 Å². The fourth-order valence-corrected chi connectivity index (χ4v) is 6.66. The van der Waals surface area contributed by atoms with Gasteiger partial charge in [0.25, 0.3) is 10.0 Å². The number of aryl methyl sites for hydroxylation is 1. The number of nitrogens with one attached hydrogen (secondary N) is 1. The lowest BCUT2D eigenvalue weighted by molar-refractivity contribution is 0.251. The first-order valence-corrected chi connectivity index (χ1v) is 10.4. The van der Waals surface area contributed by atoms with Crippen molar-refractivity contribution in [1.82, 2.24) is 9.62 Å². The maximum Gasteiger partial charge on any atom is 0.252 e. The number of hydrogen-bond acceptors (Lipinski definition) is 4. The van der Waals surface area contributed by atoms with E-state index in [9.17, 15) is 8.42 Å². The van der Waals surface area contributed by atoms with Crippen LogP contribution < -0.4 is 5.32 Å². The first kappa shape index (κ1) is 17.4. The van der Waals surface area contributed by atoms with E-state index in [0.717, 1.165) is 41.6 Å². The molecule has 0 atom stereocenters. The lowest BCUT2D eigenvalue weighted by Gasteiger charge is -2.34. The number of nitrogens with zero attached hydrogens (tertiary/aromatic N) is 1. The van der Waals surface area contributed by atoms with Crippen LogP contribution in [0.15, 0.2) is 14.1 Å². The van der Waals surface area contributed by atoms with Gasteiger partial charge in [0.2, 0.25) is 0 Å². The molecule has 7 heteroatoms. The summed E-state index contributed by atoms with van der Waals surface area (Å²) in [6.07, 6.45) is 3.95. The zero-order valence-electron chi connectivity index (χ0n) is 12.7. The fourth-order valence-electron chi connectivity index (χ4n) is 2.83. The Kier molecular flexibility index (Phi) is 5.87.